The minimum absolute atomic E-state index is 0.0658. The number of carbonyl (C=O) groups excluding carboxylic acids is 1. The molecule has 1 fully saturated rings. The van der Waals surface area contributed by atoms with E-state index in [-0.39, 0.29) is 30.4 Å². The van der Waals surface area contributed by atoms with Gasteiger partial charge in [-0.3, -0.25) is 9.69 Å². The number of sulfonamides is 1. The van der Waals surface area contributed by atoms with Gasteiger partial charge in [0.1, 0.15) is 5.82 Å². The molecule has 144 valence electrons. The Kier molecular flexibility index (Phi) is 6.11. The largest absolute Gasteiger partial charge is 0.325 e. The van der Waals surface area contributed by atoms with E-state index in [1.807, 2.05) is 4.90 Å². The predicted molar refractivity (Wildman–Crippen MR) is 102 cm³/mol. The summed E-state index contributed by atoms with van der Waals surface area (Å²) in [5.74, 6) is -0.670. The van der Waals surface area contributed by atoms with E-state index in [0.29, 0.717) is 23.8 Å². The molecule has 3 rings (SSSR count). The Hall–Kier alpha value is -2.00. The lowest BCUT2D eigenvalue weighted by atomic mass is 10.3. The van der Waals surface area contributed by atoms with Crippen molar-refractivity contribution in [2.75, 3.05) is 38.0 Å². The zero-order valence-electron chi connectivity index (χ0n) is 14.4. The van der Waals surface area contributed by atoms with Gasteiger partial charge in [-0.1, -0.05) is 17.7 Å². The third-order valence-corrected chi connectivity index (χ3v) is 6.41. The fourth-order valence-electron chi connectivity index (χ4n) is 2.85. The van der Waals surface area contributed by atoms with Gasteiger partial charge in [-0.15, -0.1) is 0 Å². The molecule has 1 amide bonds. The van der Waals surface area contributed by atoms with Crippen LogP contribution in [0.3, 0.4) is 0 Å². The molecule has 1 aliphatic heterocycles. The molecule has 9 heteroatoms. The van der Waals surface area contributed by atoms with Crippen LogP contribution >= 0.6 is 11.6 Å². The van der Waals surface area contributed by atoms with E-state index in [0.717, 1.165) is 12.1 Å². The van der Waals surface area contributed by atoms with Crippen LogP contribution < -0.4 is 5.32 Å². The molecule has 27 heavy (non-hydrogen) atoms. The Morgan fingerprint density at radius 2 is 1.74 bits per heavy atom. The highest BCUT2D eigenvalue weighted by atomic mass is 35.5. The van der Waals surface area contributed by atoms with Gasteiger partial charge < -0.3 is 5.32 Å². The Morgan fingerprint density at radius 3 is 2.37 bits per heavy atom. The summed E-state index contributed by atoms with van der Waals surface area (Å²) in [4.78, 5) is 14.1. The molecule has 1 heterocycles. The van der Waals surface area contributed by atoms with Crippen LogP contribution in [0.25, 0.3) is 0 Å². The lowest BCUT2D eigenvalue weighted by Crippen LogP contribution is -2.50. The Morgan fingerprint density at radius 1 is 1.07 bits per heavy atom. The van der Waals surface area contributed by atoms with Crippen LogP contribution in [0.4, 0.5) is 10.1 Å². The van der Waals surface area contributed by atoms with Crippen molar-refractivity contribution < 1.29 is 17.6 Å². The first-order valence-corrected chi connectivity index (χ1v) is 10.2. The molecular formula is C18H19ClFN3O3S. The Bertz CT molecular complexity index is 914. The van der Waals surface area contributed by atoms with Crippen LogP contribution in [0, 0.1) is 5.82 Å². The maximum atomic E-state index is 13.0. The monoisotopic (exact) mass is 411 g/mol. The number of anilines is 1. The molecule has 6 nitrogen and oxygen atoms in total. The van der Waals surface area contributed by atoms with Gasteiger partial charge in [0.25, 0.3) is 0 Å². The second kappa shape index (κ2) is 8.35. The van der Waals surface area contributed by atoms with Crippen LogP contribution in [-0.4, -0.2) is 56.3 Å². The minimum Gasteiger partial charge on any atom is -0.325 e. The van der Waals surface area contributed by atoms with Crippen molar-refractivity contribution >= 4 is 33.2 Å². The van der Waals surface area contributed by atoms with E-state index in [2.05, 4.69) is 5.32 Å². The molecule has 0 unspecified atom stereocenters. The number of rotatable bonds is 5. The average molecular weight is 412 g/mol. The molecule has 0 atom stereocenters. The Balaban J connectivity index is 1.54. The first-order chi connectivity index (χ1) is 12.8. The number of hydrogen-bond donors (Lipinski definition) is 1. The zero-order chi connectivity index (χ0) is 19.4. The SMILES string of the molecule is O=C(CN1CCN(S(=O)(=O)c2ccc(F)cc2)CC1)Nc1cccc(Cl)c1. The standard InChI is InChI=1S/C18H19ClFN3O3S/c19-14-2-1-3-16(12-14)21-18(24)13-22-8-10-23(11-9-22)27(25,26)17-6-4-15(20)5-7-17/h1-7,12H,8-11,13H2,(H,21,24). The van der Waals surface area contributed by atoms with Crippen LogP contribution in [0.15, 0.2) is 53.4 Å². The van der Waals surface area contributed by atoms with Gasteiger partial charge in [-0.25, -0.2) is 12.8 Å². The van der Waals surface area contributed by atoms with Crippen molar-refractivity contribution in [1.82, 2.24) is 9.21 Å². The number of benzene rings is 2. The van der Waals surface area contributed by atoms with Crippen molar-refractivity contribution in [2.45, 2.75) is 4.90 Å². The van der Waals surface area contributed by atoms with Crippen molar-refractivity contribution in [2.24, 2.45) is 0 Å². The fraction of sp³-hybridized carbons (Fsp3) is 0.278. The van der Waals surface area contributed by atoms with E-state index in [4.69, 9.17) is 11.6 Å². The number of nitrogens with zero attached hydrogens (tertiary/aromatic N) is 2. The van der Waals surface area contributed by atoms with Gasteiger partial charge in [0.2, 0.25) is 15.9 Å². The number of halogens is 2. The highest BCUT2D eigenvalue weighted by molar-refractivity contribution is 7.89. The summed E-state index contributed by atoms with van der Waals surface area (Å²) in [6.07, 6.45) is 0. The number of piperazine rings is 1. The molecular weight excluding hydrogens is 393 g/mol. The van der Waals surface area contributed by atoms with Crippen molar-refractivity contribution in [3.05, 3.63) is 59.4 Å². The molecule has 0 aromatic heterocycles. The van der Waals surface area contributed by atoms with Crippen LogP contribution in [0.2, 0.25) is 5.02 Å². The van der Waals surface area contributed by atoms with Gasteiger partial charge in [0.15, 0.2) is 0 Å². The molecule has 2 aromatic rings. The molecule has 0 bridgehead atoms. The third-order valence-electron chi connectivity index (χ3n) is 4.26. The average Bonchev–Trinajstić information content (AvgIpc) is 2.62. The van der Waals surface area contributed by atoms with Gasteiger partial charge in [0.05, 0.1) is 11.4 Å². The summed E-state index contributed by atoms with van der Waals surface area (Å²) in [5.41, 5.74) is 0.616. The first kappa shape index (κ1) is 19.8. The summed E-state index contributed by atoms with van der Waals surface area (Å²) in [6, 6.07) is 11.6. The third kappa shape index (κ3) is 5.04. The second-order valence-corrected chi connectivity index (χ2v) is 8.57. The fourth-order valence-corrected chi connectivity index (χ4v) is 4.47. The van der Waals surface area contributed by atoms with Gasteiger partial charge in [0, 0.05) is 36.9 Å². The number of hydrogen-bond acceptors (Lipinski definition) is 4. The van der Waals surface area contributed by atoms with E-state index < -0.39 is 15.8 Å². The molecule has 1 saturated heterocycles. The molecule has 0 spiro atoms. The van der Waals surface area contributed by atoms with Crippen molar-refractivity contribution in [1.29, 1.82) is 0 Å². The van der Waals surface area contributed by atoms with Gasteiger partial charge in [-0.05, 0) is 42.5 Å². The summed E-state index contributed by atoms with van der Waals surface area (Å²) in [5, 5.41) is 3.30. The molecule has 1 aliphatic rings. The summed E-state index contributed by atoms with van der Waals surface area (Å²) in [7, 11) is -3.66. The Labute approximate surface area is 162 Å². The number of nitrogens with one attached hydrogen (secondary N) is 1. The normalized spacial score (nSPS) is 16.2. The van der Waals surface area contributed by atoms with Crippen LogP contribution in [0.1, 0.15) is 0 Å². The minimum atomic E-state index is -3.66. The topological polar surface area (TPSA) is 69.7 Å². The predicted octanol–water partition coefficient (Wildman–Crippen LogP) is 2.42. The highest BCUT2D eigenvalue weighted by Gasteiger charge is 2.29. The smallest absolute Gasteiger partial charge is 0.243 e. The van der Waals surface area contributed by atoms with Crippen molar-refractivity contribution in [3.63, 3.8) is 0 Å². The summed E-state index contributed by atoms with van der Waals surface area (Å²) >= 11 is 5.89. The highest BCUT2D eigenvalue weighted by Crippen LogP contribution is 2.18. The molecule has 2 aromatic carbocycles. The molecule has 1 N–H and O–H groups in total. The van der Waals surface area contributed by atoms with E-state index in [1.54, 1.807) is 24.3 Å². The van der Waals surface area contributed by atoms with Gasteiger partial charge >= 0.3 is 0 Å². The lowest BCUT2D eigenvalue weighted by Gasteiger charge is -2.33. The van der Waals surface area contributed by atoms with Crippen LogP contribution in [0.5, 0.6) is 0 Å². The van der Waals surface area contributed by atoms with Gasteiger partial charge in [-0.2, -0.15) is 4.31 Å². The maximum Gasteiger partial charge on any atom is 0.243 e. The molecule has 0 saturated carbocycles. The summed E-state index contributed by atoms with van der Waals surface area (Å²) in [6.45, 7) is 1.57. The number of amides is 1. The van der Waals surface area contributed by atoms with Crippen LogP contribution in [-0.2, 0) is 14.8 Å². The van der Waals surface area contributed by atoms with E-state index in [9.17, 15) is 17.6 Å². The van der Waals surface area contributed by atoms with Crippen molar-refractivity contribution in [3.8, 4) is 0 Å². The second-order valence-electron chi connectivity index (χ2n) is 6.19. The molecule has 0 aliphatic carbocycles. The maximum absolute atomic E-state index is 13.0. The first-order valence-electron chi connectivity index (χ1n) is 8.38. The molecule has 0 radical (unpaired) electrons. The number of carbonyl (C=O) groups is 1. The quantitative estimate of drug-likeness (QED) is 0.820. The van der Waals surface area contributed by atoms with E-state index >= 15 is 0 Å². The zero-order valence-corrected chi connectivity index (χ0v) is 16.0. The summed E-state index contributed by atoms with van der Waals surface area (Å²) < 4.78 is 39.5. The van der Waals surface area contributed by atoms with E-state index in [1.165, 1.54) is 16.4 Å². The lowest BCUT2D eigenvalue weighted by molar-refractivity contribution is -0.117.